The van der Waals surface area contributed by atoms with E-state index in [1.807, 2.05) is 0 Å². The Hall–Kier alpha value is -5.34. The van der Waals surface area contributed by atoms with Crippen molar-refractivity contribution in [2.24, 2.45) is 0 Å². The molecule has 0 radical (unpaired) electrons. The summed E-state index contributed by atoms with van der Waals surface area (Å²) in [4.78, 5) is 4.95. The van der Waals surface area contributed by atoms with Gasteiger partial charge in [0.1, 0.15) is 0 Å². The minimum atomic E-state index is 1.18. The molecule has 2 nitrogen and oxygen atoms in total. The molecule has 0 amide bonds. The van der Waals surface area contributed by atoms with Crippen LogP contribution in [0.4, 0.5) is 34.1 Å². The second-order valence-electron chi connectivity index (χ2n) is 11.6. The maximum Gasteiger partial charge on any atom is 0.0620 e. The highest BCUT2D eigenvalue weighted by atomic mass is 15.2. The Labute approximate surface area is 260 Å². The van der Waals surface area contributed by atoms with E-state index in [0.29, 0.717) is 0 Å². The Morgan fingerprint density at radius 1 is 0.273 bits per heavy atom. The third-order valence-corrected chi connectivity index (χ3v) is 8.75. The number of hydrogen-bond acceptors (Lipinski definition) is 2. The molecule has 0 unspecified atom stereocenters. The van der Waals surface area contributed by atoms with Crippen LogP contribution < -0.4 is 9.80 Å². The molecule has 0 saturated carbocycles. The summed E-state index contributed by atoms with van der Waals surface area (Å²) in [6.45, 7) is 8.82. The summed E-state index contributed by atoms with van der Waals surface area (Å²) in [6, 6.07) is 52.7. The van der Waals surface area contributed by atoms with Crippen LogP contribution in [0.1, 0.15) is 22.3 Å². The quantitative estimate of drug-likeness (QED) is 0.145. The van der Waals surface area contributed by atoms with E-state index in [1.54, 1.807) is 0 Å². The summed E-state index contributed by atoms with van der Waals surface area (Å²) in [5, 5.41) is 4.83. The zero-order chi connectivity index (χ0) is 30.2. The van der Waals surface area contributed by atoms with Crippen LogP contribution in [-0.4, -0.2) is 0 Å². The van der Waals surface area contributed by atoms with Gasteiger partial charge in [0.25, 0.3) is 0 Å². The van der Waals surface area contributed by atoms with Gasteiger partial charge < -0.3 is 9.80 Å². The predicted octanol–water partition coefficient (Wildman–Crippen LogP) is 12.2. The summed E-state index contributed by atoms with van der Waals surface area (Å²) in [5.41, 5.74) is 12.0. The first-order valence-corrected chi connectivity index (χ1v) is 15.3. The van der Waals surface area contributed by atoms with Crippen molar-refractivity contribution in [3.05, 3.63) is 168 Å². The van der Waals surface area contributed by atoms with E-state index in [9.17, 15) is 0 Å². The van der Waals surface area contributed by atoms with Gasteiger partial charge in [-0.25, -0.2) is 0 Å². The second-order valence-corrected chi connectivity index (χ2v) is 11.6. The highest BCUT2D eigenvalue weighted by Crippen LogP contribution is 2.52. The number of para-hydroxylation sites is 4. The van der Waals surface area contributed by atoms with Crippen molar-refractivity contribution < 1.29 is 0 Å². The van der Waals surface area contributed by atoms with Crippen LogP contribution in [0.5, 0.6) is 0 Å². The van der Waals surface area contributed by atoms with E-state index in [-0.39, 0.29) is 0 Å². The lowest BCUT2D eigenvalue weighted by Crippen LogP contribution is -2.16. The maximum atomic E-state index is 2.48. The van der Waals surface area contributed by atoms with Crippen LogP contribution >= 0.6 is 0 Å². The van der Waals surface area contributed by atoms with Crippen LogP contribution in [0, 0.1) is 27.7 Å². The fourth-order valence-corrected chi connectivity index (χ4v) is 6.56. The van der Waals surface area contributed by atoms with Crippen LogP contribution in [0.2, 0.25) is 0 Å². The monoisotopic (exact) mass is 568 g/mol. The van der Waals surface area contributed by atoms with Gasteiger partial charge in [0.2, 0.25) is 0 Å². The molecular formula is C42H36N2. The third-order valence-electron chi connectivity index (χ3n) is 8.75. The molecule has 0 fully saturated rings. The van der Waals surface area contributed by atoms with Gasteiger partial charge in [-0.2, -0.15) is 0 Å². The fraction of sp³-hybridized carbons (Fsp3) is 0.0952. The van der Waals surface area contributed by atoms with E-state index in [4.69, 9.17) is 0 Å². The summed E-state index contributed by atoms with van der Waals surface area (Å²) in [6.07, 6.45) is 0. The lowest BCUT2D eigenvalue weighted by atomic mass is 9.94. The molecule has 0 aliphatic rings. The number of rotatable bonds is 6. The molecule has 0 bridgehead atoms. The zero-order valence-corrected chi connectivity index (χ0v) is 25.8. The van der Waals surface area contributed by atoms with Gasteiger partial charge >= 0.3 is 0 Å². The van der Waals surface area contributed by atoms with E-state index < -0.39 is 0 Å². The van der Waals surface area contributed by atoms with Gasteiger partial charge in [-0.1, -0.05) is 121 Å². The van der Waals surface area contributed by atoms with Crippen LogP contribution in [0.25, 0.3) is 21.5 Å². The van der Waals surface area contributed by atoms with Gasteiger partial charge in [-0.15, -0.1) is 0 Å². The maximum absolute atomic E-state index is 2.48. The standard InChI is InChI=1S/C42H36N2/c1-29-17-5-13-25-37(29)43(38-26-14-6-18-30(38)2)41-33-21-9-11-23-35(33)42(36-24-12-10-22-34(36)41)44(39-27-15-7-19-31(39)3)40-28-16-8-20-32(40)4/h5-28H,1-4H3. The average Bonchev–Trinajstić information content (AvgIpc) is 3.05. The molecule has 2 heteroatoms. The minimum absolute atomic E-state index is 1.18. The molecule has 0 aliphatic carbocycles. The zero-order valence-electron chi connectivity index (χ0n) is 25.8. The molecular weight excluding hydrogens is 532 g/mol. The molecule has 44 heavy (non-hydrogen) atoms. The molecule has 0 heterocycles. The Bertz CT molecular complexity index is 1840. The van der Waals surface area contributed by atoms with Crippen molar-refractivity contribution in [1.29, 1.82) is 0 Å². The van der Waals surface area contributed by atoms with Crippen molar-refractivity contribution in [3.8, 4) is 0 Å². The summed E-state index contributed by atoms with van der Waals surface area (Å²) >= 11 is 0. The SMILES string of the molecule is Cc1ccccc1N(c1ccccc1C)c1c2ccccc2c(N(c2ccccc2C)c2ccccc2C)c2ccccc12. The summed E-state index contributed by atoms with van der Waals surface area (Å²) in [7, 11) is 0. The van der Waals surface area contributed by atoms with E-state index >= 15 is 0 Å². The number of benzene rings is 7. The predicted molar refractivity (Wildman–Crippen MR) is 190 cm³/mol. The van der Waals surface area contributed by atoms with Crippen molar-refractivity contribution in [1.82, 2.24) is 0 Å². The molecule has 214 valence electrons. The van der Waals surface area contributed by atoms with Crippen molar-refractivity contribution in [3.63, 3.8) is 0 Å². The number of aryl methyl sites for hydroxylation is 4. The van der Waals surface area contributed by atoms with Gasteiger partial charge in [-0.05, 0) is 74.2 Å². The molecule has 7 aromatic rings. The molecule has 0 aromatic heterocycles. The fourth-order valence-electron chi connectivity index (χ4n) is 6.56. The first-order valence-electron chi connectivity index (χ1n) is 15.3. The number of nitrogens with zero attached hydrogens (tertiary/aromatic N) is 2. The third kappa shape index (κ3) is 4.60. The van der Waals surface area contributed by atoms with E-state index in [0.717, 1.165) is 0 Å². The van der Waals surface area contributed by atoms with Gasteiger partial charge in [0, 0.05) is 44.3 Å². The van der Waals surface area contributed by atoms with Gasteiger partial charge in [0.15, 0.2) is 0 Å². The normalized spacial score (nSPS) is 11.2. The molecule has 0 spiro atoms. The van der Waals surface area contributed by atoms with E-state index in [2.05, 4.69) is 183 Å². The first kappa shape index (κ1) is 27.5. The molecule has 7 aromatic carbocycles. The van der Waals surface area contributed by atoms with Gasteiger partial charge in [-0.3, -0.25) is 0 Å². The Morgan fingerprint density at radius 2 is 0.477 bits per heavy atom. The van der Waals surface area contributed by atoms with Crippen molar-refractivity contribution >= 4 is 55.7 Å². The molecule has 0 atom stereocenters. The smallest absolute Gasteiger partial charge is 0.0620 e. The molecule has 0 N–H and O–H groups in total. The van der Waals surface area contributed by atoms with Gasteiger partial charge in [0.05, 0.1) is 11.4 Å². The van der Waals surface area contributed by atoms with Crippen LogP contribution in [-0.2, 0) is 0 Å². The lowest BCUT2D eigenvalue weighted by Gasteiger charge is -2.34. The minimum Gasteiger partial charge on any atom is -0.309 e. The average molecular weight is 569 g/mol. The number of anilines is 6. The van der Waals surface area contributed by atoms with Crippen molar-refractivity contribution in [2.45, 2.75) is 27.7 Å². The number of fused-ring (bicyclic) bond motifs is 2. The Kier molecular flexibility index (Phi) is 7.12. The highest BCUT2D eigenvalue weighted by molar-refractivity contribution is 6.23. The Balaban J connectivity index is 1.66. The Morgan fingerprint density at radius 3 is 0.705 bits per heavy atom. The molecule has 0 saturated heterocycles. The number of hydrogen-bond donors (Lipinski definition) is 0. The molecule has 0 aliphatic heterocycles. The van der Waals surface area contributed by atoms with Crippen LogP contribution in [0.15, 0.2) is 146 Å². The van der Waals surface area contributed by atoms with E-state index in [1.165, 1.54) is 77.9 Å². The van der Waals surface area contributed by atoms with Crippen molar-refractivity contribution in [2.75, 3.05) is 9.80 Å². The summed E-state index contributed by atoms with van der Waals surface area (Å²) in [5.74, 6) is 0. The first-order chi connectivity index (χ1) is 21.5. The lowest BCUT2D eigenvalue weighted by molar-refractivity contribution is 1.23. The highest BCUT2D eigenvalue weighted by Gasteiger charge is 2.27. The summed E-state index contributed by atoms with van der Waals surface area (Å²) < 4.78 is 0. The van der Waals surface area contributed by atoms with Crippen LogP contribution in [0.3, 0.4) is 0 Å². The second kappa shape index (κ2) is 11.4. The topological polar surface area (TPSA) is 6.48 Å². The largest absolute Gasteiger partial charge is 0.309 e. The molecule has 7 rings (SSSR count).